The van der Waals surface area contributed by atoms with Crippen LogP contribution in [0.25, 0.3) is 0 Å². The third kappa shape index (κ3) is 12.6. The summed E-state index contributed by atoms with van der Waals surface area (Å²) in [6, 6.07) is 19.0. The molecule has 0 aliphatic heterocycles. The number of amides is 2. The van der Waals surface area contributed by atoms with Gasteiger partial charge in [0.25, 0.3) is 0 Å². The van der Waals surface area contributed by atoms with Crippen LogP contribution in [-0.4, -0.2) is 35.8 Å². The molecule has 0 aromatic heterocycles. The third-order valence-electron chi connectivity index (χ3n) is 5.85. The average molecular weight is 563 g/mol. The van der Waals surface area contributed by atoms with E-state index in [4.69, 9.17) is 0 Å². The van der Waals surface area contributed by atoms with Gasteiger partial charge in [0.15, 0.2) is 0 Å². The minimum atomic E-state index is -0.324. The van der Waals surface area contributed by atoms with E-state index in [2.05, 4.69) is 49.1 Å². The number of benzene rings is 2. The Morgan fingerprint density at radius 1 is 0.692 bits per heavy atom. The molecule has 6 heteroatoms. The van der Waals surface area contributed by atoms with Crippen molar-refractivity contribution in [1.82, 2.24) is 0 Å². The predicted octanol–water partition coefficient (Wildman–Crippen LogP) is 8.40. The first kappa shape index (κ1) is 32.3. The van der Waals surface area contributed by atoms with Gasteiger partial charge in [-0.15, -0.1) is 0 Å². The van der Waals surface area contributed by atoms with E-state index in [1.54, 1.807) is 23.5 Å². The molecular formula is C33H42N2O2S2. The summed E-state index contributed by atoms with van der Waals surface area (Å²) < 4.78 is 0. The topological polar surface area (TPSA) is 58.2 Å². The van der Waals surface area contributed by atoms with Gasteiger partial charge in [0, 0.05) is 22.9 Å². The first-order valence-corrected chi connectivity index (χ1v) is 16.0. The van der Waals surface area contributed by atoms with Crippen LogP contribution in [0.5, 0.6) is 0 Å². The van der Waals surface area contributed by atoms with E-state index in [1.165, 1.54) is 11.1 Å². The van der Waals surface area contributed by atoms with Crippen molar-refractivity contribution in [2.24, 2.45) is 11.8 Å². The second-order valence-corrected chi connectivity index (χ2v) is 11.5. The highest BCUT2D eigenvalue weighted by molar-refractivity contribution is 7.98. The molecule has 0 heterocycles. The van der Waals surface area contributed by atoms with Crippen LogP contribution in [0.3, 0.4) is 0 Å². The maximum Gasteiger partial charge on any atom is 0.231 e. The van der Waals surface area contributed by atoms with Gasteiger partial charge < -0.3 is 10.6 Å². The van der Waals surface area contributed by atoms with E-state index >= 15 is 0 Å². The van der Waals surface area contributed by atoms with Gasteiger partial charge in [0.2, 0.25) is 11.8 Å². The molecule has 2 aromatic rings. The Kier molecular flexibility index (Phi) is 14.5. The normalized spacial score (nSPS) is 14.5. The second-order valence-electron chi connectivity index (χ2n) is 9.80. The Morgan fingerprint density at radius 3 is 1.38 bits per heavy atom. The molecule has 0 saturated heterocycles. The highest BCUT2D eigenvalue weighted by Crippen LogP contribution is 2.23. The molecule has 2 aromatic carbocycles. The smallest absolute Gasteiger partial charge is 0.231 e. The minimum absolute atomic E-state index is 0.0511. The molecule has 0 fully saturated rings. The lowest BCUT2D eigenvalue weighted by Crippen LogP contribution is -2.19. The van der Waals surface area contributed by atoms with Gasteiger partial charge >= 0.3 is 0 Å². The number of carbonyl (C=O) groups is 2. The van der Waals surface area contributed by atoms with Crippen molar-refractivity contribution in [3.63, 3.8) is 0 Å². The van der Waals surface area contributed by atoms with Gasteiger partial charge in [-0.05, 0) is 68.2 Å². The fraction of sp³-hybridized carbons (Fsp3) is 0.333. The first-order chi connectivity index (χ1) is 18.7. The number of anilines is 2. The molecule has 0 bridgehead atoms. The number of hydrogen-bond donors (Lipinski definition) is 2. The fourth-order valence-electron chi connectivity index (χ4n) is 4.07. The van der Waals surface area contributed by atoms with Crippen LogP contribution in [-0.2, 0) is 9.59 Å². The van der Waals surface area contributed by atoms with E-state index in [9.17, 15) is 9.59 Å². The predicted molar refractivity (Wildman–Crippen MR) is 174 cm³/mol. The lowest BCUT2D eigenvalue weighted by atomic mass is 9.95. The Bertz CT molecular complexity index is 1090. The van der Waals surface area contributed by atoms with Crippen molar-refractivity contribution >= 4 is 46.7 Å². The number of carbonyl (C=O) groups excluding carboxylic acids is 2. The molecule has 0 spiro atoms. The van der Waals surface area contributed by atoms with Crippen LogP contribution in [0.1, 0.15) is 34.1 Å². The van der Waals surface area contributed by atoms with Gasteiger partial charge in [-0.25, -0.2) is 0 Å². The Morgan fingerprint density at radius 2 is 1.05 bits per heavy atom. The lowest BCUT2D eigenvalue weighted by molar-refractivity contribution is -0.118. The van der Waals surface area contributed by atoms with Crippen LogP contribution in [0.15, 0.2) is 107 Å². The highest BCUT2D eigenvalue weighted by Gasteiger charge is 2.15. The summed E-state index contributed by atoms with van der Waals surface area (Å²) in [4.78, 5) is 26.0. The van der Waals surface area contributed by atoms with Crippen molar-refractivity contribution in [1.29, 1.82) is 0 Å². The molecule has 0 saturated carbocycles. The monoisotopic (exact) mass is 562 g/mol. The van der Waals surface area contributed by atoms with Crippen molar-refractivity contribution < 1.29 is 9.59 Å². The van der Waals surface area contributed by atoms with Crippen molar-refractivity contribution in [2.75, 3.05) is 34.7 Å². The van der Waals surface area contributed by atoms with Gasteiger partial charge in [0.05, 0.1) is 11.8 Å². The summed E-state index contributed by atoms with van der Waals surface area (Å²) in [5.41, 5.74) is 6.17. The molecule has 208 valence electrons. The summed E-state index contributed by atoms with van der Waals surface area (Å²) in [5.74, 6) is 1.08. The zero-order chi connectivity index (χ0) is 28.6. The standard InChI is InChI=1S/C33H42N2O2S2/c1-24(22-38-5)17-28(19-26(3)32(36)34-30-13-9-7-10-14-30)21-29(18-25(2)23-39-6)20-27(4)33(37)35-31-15-11-8-12-16-31/h7-20,26-27H,21-23H2,1-6H3,(H,34,36)(H,35,37)/b24-17+,25-18+,28-19+,29-20+. The van der Waals surface area contributed by atoms with Gasteiger partial charge in [-0.2, -0.15) is 23.5 Å². The summed E-state index contributed by atoms with van der Waals surface area (Å²) in [7, 11) is 0. The Labute approximate surface area is 243 Å². The van der Waals surface area contributed by atoms with E-state index < -0.39 is 0 Å². The SMILES string of the molecule is CSC/C(C)=C/C(=C\C(C)C(=O)Nc1ccccc1)CC(=C/C(C)C(=O)Nc1ccccc1)/C=C(\C)CSC. The molecule has 39 heavy (non-hydrogen) atoms. The van der Waals surface area contributed by atoms with Crippen molar-refractivity contribution in [2.45, 2.75) is 34.1 Å². The number of nitrogens with one attached hydrogen (secondary N) is 2. The fourth-order valence-corrected chi connectivity index (χ4v) is 5.15. The van der Waals surface area contributed by atoms with Crippen LogP contribution >= 0.6 is 23.5 Å². The van der Waals surface area contributed by atoms with Gasteiger partial charge in [-0.1, -0.05) is 85.7 Å². The maximum atomic E-state index is 13.0. The molecule has 0 radical (unpaired) electrons. The average Bonchev–Trinajstić information content (AvgIpc) is 2.89. The number of para-hydroxylation sites is 2. The summed E-state index contributed by atoms with van der Waals surface area (Å²) in [6.45, 7) is 8.08. The molecule has 2 unspecified atom stereocenters. The highest BCUT2D eigenvalue weighted by atomic mass is 32.2. The summed E-state index contributed by atoms with van der Waals surface area (Å²) in [5, 5.41) is 6.02. The first-order valence-electron chi connectivity index (χ1n) is 13.2. The Balaban J connectivity index is 2.36. The lowest BCUT2D eigenvalue weighted by Gasteiger charge is -2.15. The van der Waals surface area contributed by atoms with Crippen LogP contribution in [0, 0.1) is 11.8 Å². The molecule has 2 amide bonds. The maximum absolute atomic E-state index is 13.0. The molecule has 2 N–H and O–H groups in total. The Hall–Kier alpha value is -2.96. The van der Waals surface area contributed by atoms with E-state index in [-0.39, 0.29) is 23.7 Å². The van der Waals surface area contributed by atoms with E-state index in [1.807, 2.05) is 86.7 Å². The second kappa shape index (κ2) is 17.6. The summed E-state index contributed by atoms with van der Waals surface area (Å²) >= 11 is 3.55. The van der Waals surface area contributed by atoms with Crippen molar-refractivity contribution in [3.05, 3.63) is 107 Å². The van der Waals surface area contributed by atoms with Crippen LogP contribution in [0.4, 0.5) is 11.4 Å². The van der Waals surface area contributed by atoms with Gasteiger partial charge in [-0.3, -0.25) is 9.59 Å². The van der Waals surface area contributed by atoms with E-state index in [0.717, 1.165) is 34.0 Å². The zero-order valence-corrected chi connectivity index (χ0v) is 25.6. The molecule has 2 atom stereocenters. The number of hydrogen-bond acceptors (Lipinski definition) is 4. The molecule has 2 rings (SSSR count). The van der Waals surface area contributed by atoms with Crippen LogP contribution in [0.2, 0.25) is 0 Å². The molecule has 0 aliphatic rings. The van der Waals surface area contributed by atoms with Crippen molar-refractivity contribution in [3.8, 4) is 0 Å². The number of thioether (sulfide) groups is 2. The third-order valence-corrected chi connectivity index (χ3v) is 7.34. The molecular weight excluding hydrogens is 521 g/mol. The number of allylic oxidation sites excluding steroid dienone is 4. The number of rotatable bonds is 14. The largest absolute Gasteiger partial charge is 0.326 e. The zero-order valence-electron chi connectivity index (χ0n) is 24.0. The van der Waals surface area contributed by atoms with Crippen LogP contribution < -0.4 is 10.6 Å². The quantitative estimate of drug-likeness (QED) is 0.227. The summed E-state index contributed by atoms with van der Waals surface area (Å²) in [6.07, 6.45) is 13.3. The minimum Gasteiger partial charge on any atom is -0.326 e. The van der Waals surface area contributed by atoms with Gasteiger partial charge in [0.1, 0.15) is 0 Å². The molecule has 0 aliphatic carbocycles. The van der Waals surface area contributed by atoms with E-state index in [0.29, 0.717) is 6.42 Å². The molecule has 4 nitrogen and oxygen atoms in total.